The number of nitrogens with zero attached hydrogens (tertiary/aromatic N) is 1. The molecule has 29 heavy (non-hydrogen) atoms. The molecule has 3 rings (SSSR count). The Bertz CT molecular complexity index is 975. The summed E-state index contributed by atoms with van der Waals surface area (Å²) in [5.41, 5.74) is 1.96. The Labute approximate surface area is 174 Å². The molecule has 0 saturated heterocycles. The number of halogens is 1. The molecule has 148 valence electrons. The largest absolute Gasteiger partial charge is 0.482 e. The zero-order chi connectivity index (χ0) is 20.6. The quantitative estimate of drug-likeness (QED) is 0.596. The normalized spacial score (nSPS) is 10.3. The lowest BCUT2D eigenvalue weighted by atomic mass is 10.1. The number of nitrogens with one attached hydrogen (secondary N) is 1. The van der Waals surface area contributed by atoms with Gasteiger partial charge in [0.2, 0.25) is 0 Å². The molecular weight excluding hydrogens is 388 g/mol. The highest BCUT2D eigenvalue weighted by molar-refractivity contribution is 6.32. The lowest BCUT2D eigenvalue weighted by molar-refractivity contribution is -0.118. The molecule has 3 aromatic rings. The Hall–Kier alpha value is -3.31. The summed E-state index contributed by atoms with van der Waals surface area (Å²) in [6.07, 6.45) is 0. The van der Waals surface area contributed by atoms with E-state index in [1.165, 1.54) is 0 Å². The number of amides is 2. The van der Waals surface area contributed by atoms with Crippen molar-refractivity contribution in [3.05, 3.63) is 89.4 Å². The van der Waals surface area contributed by atoms with E-state index in [1.54, 1.807) is 53.4 Å². The molecule has 6 heteroatoms. The van der Waals surface area contributed by atoms with E-state index < -0.39 is 0 Å². The number of para-hydroxylation sites is 2. The summed E-state index contributed by atoms with van der Waals surface area (Å²) in [4.78, 5) is 26.6. The lowest BCUT2D eigenvalue weighted by Crippen LogP contribution is -2.30. The van der Waals surface area contributed by atoms with Crippen LogP contribution in [0.25, 0.3) is 0 Å². The monoisotopic (exact) mass is 408 g/mol. The van der Waals surface area contributed by atoms with Gasteiger partial charge in [-0.2, -0.15) is 0 Å². The van der Waals surface area contributed by atoms with Crippen LogP contribution >= 0.6 is 11.6 Å². The second-order valence-corrected chi connectivity index (χ2v) is 6.64. The van der Waals surface area contributed by atoms with E-state index >= 15 is 0 Å². The van der Waals surface area contributed by atoms with Crippen LogP contribution in [0.5, 0.6) is 5.75 Å². The maximum absolute atomic E-state index is 12.8. The topological polar surface area (TPSA) is 58.6 Å². The summed E-state index contributed by atoms with van der Waals surface area (Å²) in [5, 5.41) is 3.19. The second kappa shape index (κ2) is 9.75. The predicted octanol–water partition coefficient (Wildman–Crippen LogP) is 5.02. The molecule has 0 bridgehead atoms. The summed E-state index contributed by atoms with van der Waals surface area (Å²) in [5.74, 6) is 0.0351. The predicted molar refractivity (Wildman–Crippen MR) is 116 cm³/mol. The van der Waals surface area contributed by atoms with Crippen LogP contribution in [0.15, 0.2) is 78.9 Å². The van der Waals surface area contributed by atoms with E-state index in [4.69, 9.17) is 16.3 Å². The number of carbonyl (C=O) groups excluding carboxylic acids is 2. The first-order chi connectivity index (χ1) is 14.1. The number of ether oxygens (including phenoxy) is 1. The molecular formula is C23H21ClN2O3. The third-order valence-corrected chi connectivity index (χ3v) is 4.55. The van der Waals surface area contributed by atoms with Crippen LogP contribution in [0.4, 0.5) is 11.4 Å². The molecule has 0 unspecified atom stereocenters. The van der Waals surface area contributed by atoms with Gasteiger partial charge in [-0.1, -0.05) is 41.9 Å². The van der Waals surface area contributed by atoms with Crippen molar-refractivity contribution in [3.63, 3.8) is 0 Å². The molecule has 0 radical (unpaired) electrons. The second-order valence-electron chi connectivity index (χ2n) is 6.23. The van der Waals surface area contributed by atoms with Gasteiger partial charge in [0.15, 0.2) is 6.61 Å². The molecule has 1 N–H and O–H groups in total. The molecule has 3 aromatic carbocycles. The fourth-order valence-electron chi connectivity index (χ4n) is 2.81. The first-order valence-electron chi connectivity index (χ1n) is 9.22. The molecule has 0 aliphatic heterocycles. The molecule has 0 heterocycles. The van der Waals surface area contributed by atoms with Gasteiger partial charge in [-0.3, -0.25) is 9.59 Å². The van der Waals surface area contributed by atoms with E-state index in [0.717, 1.165) is 5.69 Å². The minimum absolute atomic E-state index is 0.0985. The highest BCUT2D eigenvalue weighted by atomic mass is 35.5. The maximum Gasteiger partial charge on any atom is 0.262 e. The van der Waals surface area contributed by atoms with Crippen LogP contribution < -0.4 is 15.0 Å². The van der Waals surface area contributed by atoms with Crippen LogP contribution in [-0.4, -0.2) is 25.0 Å². The van der Waals surface area contributed by atoms with E-state index in [9.17, 15) is 9.59 Å². The number of benzene rings is 3. The average molecular weight is 409 g/mol. The fraction of sp³-hybridized carbons (Fsp3) is 0.130. The van der Waals surface area contributed by atoms with Gasteiger partial charge < -0.3 is 15.0 Å². The number of hydrogen-bond acceptors (Lipinski definition) is 3. The third kappa shape index (κ3) is 5.36. The van der Waals surface area contributed by atoms with Gasteiger partial charge in [-0.25, -0.2) is 0 Å². The lowest BCUT2D eigenvalue weighted by Gasteiger charge is -2.21. The summed E-state index contributed by atoms with van der Waals surface area (Å²) in [6, 6.07) is 23.2. The molecule has 0 atom stereocenters. The molecule has 5 nitrogen and oxygen atoms in total. The van der Waals surface area contributed by atoms with Gasteiger partial charge in [-0.05, 0) is 55.5 Å². The highest BCUT2D eigenvalue weighted by Crippen LogP contribution is 2.23. The van der Waals surface area contributed by atoms with Gasteiger partial charge in [0.1, 0.15) is 5.75 Å². The van der Waals surface area contributed by atoms with Gasteiger partial charge in [-0.15, -0.1) is 0 Å². The standard InChI is InChI=1S/C23H21ClN2O3/c1-2-26(19-8-4-3-5-9-19)23(28)17-12-14-18(15-13-17)25-22(27)16-29-21-11-7-6-10-20(21)24/h3-15H,2,16H2,1H3,(H,25,27). The zero-order valence-corrected chi connectivity index (χ0v) is 16.7. The van der Waals surface area contributed by atoms with E-state index in [1.807, 2.05) is 37.3 Å². The Morgan fingerprint density at radius 1 is 0.931 bits per heavy atom. The van der Waals surface area contributed by atoms with Crippen molar-refractivity contribution in [2.45, 2.75) is 6.92 Å². The molecule has 0 aliphatic rings. The van der Waals surface area contributed by atoms with Crippen LogP contribution in [-0.2, 0) is 4.79 Å². The van der Waals surface area contributed by atoms with E-state index in [0.29, 0.717) is 28.6 Å². The van der Waals surface area contributed by atoms with Gasteiger partial charge in [0, 0.05) is 23.5 Å². The van der Waals surface area contributed by atoms with E-state index in [2.05, 4.69) is 5.32 Å². The van der Waals surface area contributed by atoms with Crippen LogP contribution in [0.3, 0.4) is 0 Å². The summed E-state index contributed by atoms with van der Waals surface area (Å²) in [7, 11) is 0. The Kier molecular flexibility index (Phi) is 6.87. The number of hydrogen-bond donors (Lipinski definition) is 1. The van der Waals surface area contributed by atoms with Crippen molar-refractivity contribution in [1.82, 2.24) is 0 Å². The average Bonchev–Trinajstić information content (AvgIpc) is 2.75. The number of rotatable bonds is 7. The molecule has 0 aliphatic carbocycles. The van der Waals surface area contributed by atoms with Crippen LogP contribution in [0.2, 0.25) is 5.02 Å². The first kappa shape index (κ1) is 20.4. The molecule has 0 aromatic heterocycles. The first-order valence-corrected chi connectivity index (χ1v) is 9.60. The fourth-order valence-corrected chi connectivity index (χ4v) is 3.00. The molecule has 0 spiro atoms. The van der Waals surface area contributed by atoms with Gasteiger partial charge >= 0.3 is 0 Å². The number of anilines is 2. The van der Waals surface area contributed by atoms with Crippen molar-refractivity contribution in [1.29, 1.82) is 0 Å². The molecule has 0 saturated carbocycles. The Balaban J connectivity index is 1.60. The van der Waals surface area contributed by atoms with Gasteiger partial charge in [0.05, 0.1) is 5.02 Å². The van der Waals surface area contributed by atoms with Crippen molar-refractivity contribution in [3.8, 4) is 5.75 Å². The minimum Gasteiger partial charge on any atom is -0.482 e. The van der Waals surface area contributed by atoms with Crippen LogP contribution in [0.1, 0.15) is 17.3 Å². The van der Waals surface area contributed by atoms with Crippen molar-refractivity contribution in [2.75, 3.05) is 23.4 Å². The smallest absolute Gasteiger partial charge is 0.262 e. The molecule has 0 fully saturated rings. The Morgan fingerprint density at radius 2 is 1.59 bits per heavy atom. The van der Waals surface area contributed by atoms with Gasteiger partial charge in [0.25, 0.3) is 11.8 Å². The SMILES string of the molecule is CCN(C(=O)c1ccc(NC(=O)COc2ccccc2Cl)cc1)c1ccccc1. The Morgan fingerprint density at radius 3 is 2.24 bits per heavy atom. The summed E-state index contributed by atoms with van der Waals surface area (Å²) in [6.45, 7) is 2.32. The summed E-state index contributed by atoms with van der Waals surface area (Å²) >= 11 is 6.00. The van der Waals surface area contributed by atoms with Crippen LogP contribution in [0, 0.1) is 0 Å². The molecule has 2 amide bonds. The highest BCUT2D eigenvalue weighted by Gasteiger charge is 2.16. The zero-order valence-electron chi connectivity index (χ0n) is 16.0. The maximum atomic E-state index is 12.8. The summed E-state index contributed by atoms with van der Waals surface area (Å²) < 4.78 is 5.42. The third-order valence-electron chi connectivity index (χ3n) is 4.24. The van der Waals surface area contributed by atoms with Crippen molar-refractivity contribution >= 4 is 34.8 Å². The van der Waals surface area contributed by atoms with E-state index in [-0.39, 0.29) is 18.4 Å². The number of carbonyl (C=O) groups is 2. The van der Waals surface area contributed by atoms with Crippen molar-refractivity contribution < 1.29 is 14.3 Å². The van der Waals surface area contributed by atoms with Crippen molar-refractivity contribution in [2.24, 2.45) is 0 Å². The minimum atomic E-state index is -0.316.